The van der Waals surface area contributed by atoms with Crippen LogP contribution in [0.1, 0.15) is 15.9 Å². The van der Waals surface area contributed by atoms with Crippen molar-refractivity contribution in [2.45, 2.75) is 0 Å². The SMILES string of the molecule is COc1ccc(/C=C/C(=O)Oc2ccc3cc(C(N)=O)c(=O)oc3c2)cc1OC. The molecule has 2 N–H and O–H groups in total. The Labute approximate surface area is 165 Å². The molecule has 0 fully saturated rings. The van der Waals surface area contributed by atoms with E-state index in [4.69, 9.17) is 24.4 Å². The quantitative estimate of drug-likeness (QED) is 0.295. The minimum atomic E-state index is -0.878. The summed E-state index contributed by atoms with van der Waals surface area (Å²) in [5, 5.41) is 0.471. The fraction of sp³-hybridized carbons (Fsp3) is 0.0952. The number of rotatable bonds is 6. The molecule has 1 heterocycles. The summed E-state index contributed by atoms with van der Waals surface area (Å²) in [6.45, 7) is 0. The van der Waals surface area contributed by atoms with Crippen molar-refractivity contribution in [3.05, 3.63) is 70.1 Å². The van der Waals surface area contributed by atoms with Crippen molar-refractivity contribution in [1.29, 1.82) is 0 Å². The van der Waals surface area contributed by atoms with E-state index in [9.17, 15) is 14.4 Å². The fourth-order valence-corrected chi connectivity index (χ4v) is 2.60. The lowest BCUT2D eigenvalue weighted by Gasteiger charge is -2.07. The summed E-state index contributed by atoms with van der Waals surface area (Å²) in [5.74, 6) is -0.228. The number of nitrogens with two attached hydrogens (primary N) is 1. The van der Waals surface area contributed by atoms with Crippen LogP contribution in [0.5, 0.6) is 17.2 Å². The molecule has 2 aromatic carbocycles. The Morgan fingerprint density at radius 1 is 1.00 bits per heavy atom. The van der Waals surface area contributed by atoms with Gasteiger partial charge < -0.3 is 24.4 Å². The van der Waals surface area contributed by atoms with Crippen LogP contribution >= 0.6 is 0 Å². The van der Waals surface area contributed by atoms with Gasteiger partial charge in [-0.25, -0.2) is 9.59 Å². The third-order valence-corrected chi connectivity index (χ3v) is 4.01. The highest BCUT2D eigenvalue weighted by Crippen LogP contribution is 2.28. The van der Waals surface area contributed by atoms with Gasteiger partial charge in [0.2, 0.25) is 0 Å². The molecule has 0 unspecified atom stereocenters. The van der Waals surface area contributed by atoms with E-state index < -0.39 is 17.5 Å². The lowest BCUT2D eigenvalue weighted by molar-refractivity contribution is -0.128. The first kappa shape index (κ1) is 19.7. The monoisotopic (exact) mass is 395 g/mol. The van der Waals surface area contributed by atoms with E-state index in [0.717, 1.165) is 0 Å². The molecule has 0 atom stereocenters. The average molecular weight is 395 g/mol. The average Bonchev–Trinajstić information content (AvgIpc) is 2.71. The number of hydrogen-bond donors (Lipinski definition) is 1. The van der Waals surface area contributed by atoms with E-state index in [1.807, 2.05) is 0 Å². The number of fused-ring (bicyclic) bond motifs is 1. The normalized spacial score (nSPS) is 10.8. The Bertz CT molecular complexity index is 1180. The Balaban J connectivity index is 1.77. The Kier molecular flexibility index (Phi) is 5.64. The van der Waals surface area contributed by atoms with Crippen molar-refractivity contribution >= 4 is 28.9 Å². The number of benzene rings is 2. The van der Waals surface area contributed by atoms with Crippen LogP contribution in [0.2, 0.25) is 0 Å². The zero-order chi connectivity index (χ0) is 21.0. The lowest BCUT2D eigenvalue weighted by Crippen LogP contribution is -2.20. The van der Waals surface area contributed by atoms with Crippen molar-refractivity contribution in [3.63, 3.8) is 0 Å². The van der Waals surface area contributed by atoms with Gasteiger partial charge in [-0.2, -0.15) is 0 Å². The first-order chi connectivity index (χ1) is 13.9. The van der Waals surface area contributed by atoms with E-state index in [2.05, 4.69) is 0 Å². The molecule has 0 spiro atoms. The van der Waals surface area contributed by atoms with Crippen LogP contribution in [-0.2, 0) is 4.79 Å². The second-order valence-corrected chi connectivity index (χ2v) is 5.88. The van der Waals surface area contributed by atoms with E-state index in [1.54, 1.807) is 30.3 Å². The molecular formula is C21H17NO7. The van der Waals surface area contributed by atoms with Crippen LogP contribution in [0.15, 0.2) is 57.8 Å². The zero-order valence-corrected chi connectivity index (χ0v) is 15.6. The topological polar surface area (TPSA) is 118 Å². The first-order valence-corrected chi connectivity index (χ1v) is 8.41. The number of hydrogen-bond acceptors (Lipinski definition) is 7. The van der Waals surface area contributed by atoms with Gasteiger partial charge in [-0.05, 0) is 42.0 Å². The molecule has 0 bridgehead atoms. The second kappa shape index (κ2) is 8.30. The molecular weight excluding hydrogens is 378 g/mol. The van der Waals surface area contributed by atoms with Crippen molar-refractivity contribution in [2.24, 2.45) is 5.73 Å². The van der Waals surface area contributed by atoms with Gasteiger partial charge in [0, 0.05) is 17.5 Å². The van der Waals surface area contributed by atoms with E-state index in [-0.39, 0.29) is 16.9 Å². The minimum absolute atomic E-state index is 0.161. The molecule has 148 valence electrons. The molecule has 3 aromatic rings. The summed E-state index contributed by atoms with van der Waals surface area (Å²) >= 11 is 0. The minimum Gasteiger partial charge on any atom is -0.493 e. The molecule has 8 heteroatoms. The van der Waals surface area contributed by atoms with Gasteiger partial charge in [-0.3, -0.25) is 4.79 Å². The van der Waals surface area contributed by atoms with Gasteiger partial charge in [0.25, 0.3) is 5.91 Å². The maximum absolute atomic E-state index is 12.1. The third-order valence-electron chi connectivity index (χ3n) is 4.01. The van der Waals surface area contributed by atoms with Crippen molar-refractivity contribution < 1.29 is 28.2 Å². The first-order valence-electron chi connectivity index (χ1n) is 8.41. The van der Waals surface area contributed by atoms with Gasteiger partial charge in [-0.15, -0.1) is 0 Å². The number of carbonyl (C=O) groups is 2. The van der Waals surface area contributed by atoms with Crippen LogP contribution in [0, 0.1) is 0 Å². The largest absolute Gasteiger partial charge is 0.493 e. The summed E-state index contributed by atoms with van der Waals surface area (Å²) in [7, 11) is 3.05. The van der Waals surface area contributed by atoms with Gasteiger partial charge in [0.1, 0.15) is 16.9 Å². The Hall–Kier alpha value is -4.07. The highest BCUT2D eigenvalue weighted by Gasteiger charge is 2.11. The number of methoxy groups -OCH3 is 2. The summed E-state index contributed by atoms with van der Waals surface area (Å²) in [6.07, 6.45) is 2.81. The van der Waals surface area contributed by atoms with Gasteiger partial charge in [0.05, 0.1) is 14.2 Å². The summed E-state index contributed by atoms with van der Waals surface area (Å²) in [5.41, 5.74) is 4.89. The number of ether oxygens (including phenoxy) is 3. The van der Waals surface area contributed by atoms with Gasteiger partial charge in [-0.1, -0.05) is 6.07 Å². The molecule has 0 saturated carbocycles. The van der Waals surface area contributed by atoms with Crippen molar-refractivity contribution in [3.8, 4) is 17.2 Å². The van der Waals surface area contributed by atoms with Crippen LogP contribution in [-0.4, -0.2) is 26.1 Å². The van der Waals surface area contributed by atoms with Gasteiger partial charge in [0.15, 0.2) is 11.5 Å². The second-order valence-electron chi connectivity index (χ2n) is 5.88. The molecule has 3 rings (SSSR count). The molecule has 1 amide bonds. The molecule has 0 aliphatic rings. The maximum Gasteiger partial charge on any atom is 0.349 e. The smallest absolute Gasteiger partial charge is 0.349 e. The highest BCUT2D eigenvalue weighted by atomic mass is 16.5. The standard InChI is InChI=1S/C21H17NO7/c1-26-16-7-3-12(9-18(16)27-2)4-8-19(23)28-14-6-5-13-10-15(20(22)24)21(25)29-17(13)11-14/h3-11H,1-2H3,(H2,22,24)/b8-4+. The number of carbonyl (C=O) groups excluding carboxylic acids is 2. The fourth-order valence-electron chi connectivity index (χ4n) is 2.60. The van der Waals surface area contributed by atoms with Crippen LogP contribution in [0.4, 0.5) is 0 Å². The maximum atomic E-state index is 12.1. The van der Waals surface area contributed by atoms with Crippen LogP contribution < -0.4 is 25.6 Å². The van der Waals surface area contributed by atoms with E-state index >= 15 is 0 Å². The van der Waals surface area contributed by atoms with Crippen LogP contribution in [0.25, 0.3) is 17.0 Å². The number of esters is 1. The molecule has 1 aromatic heterocycles. The predicted octanol–water partition coefficient (Wildman–Crippen LogP) is 2.53. The molecule has 0 radical (unpaired) electrons. The highest BCUT2D eigenvalue weighted by molar-refractivity contribution is 5.95. The van der Waals surface area contributed by atoms with Crippen LogP contribution in [0.3, 0.4) is 0 Å². The molecule has 8 nitrogen and oxygen atoms in total. The Morgan fingerprint density at radius 2 is 1.76 bits per heavy atom. The lowest BCUT2D eigenvalue weighted by atomic mass is 10.1. The molecule has 0 aliphatic heterocycles. The number of amides is 1. The zero-order valence-electron chi connectivity index (χ0n) is 15.6. The molecule has 0 saturated heterocycles. The van der Waals surface area contributed by atoms with Crippen molar-refractivity contribution in [2.75, 3.05) is 14.2 Å². The Morgan fingerprint density at radius 3 is 2.45 bits per heavy atom. The van der Waals surface area contributed by atoms with Crippen molar-refractivity contribution in [1.82, 2.24) is 0 Å². The summed E-state index contributed by atoms with van der Waals surface area (Å²) < 4.78 is 20.7. The van der Waals surface area contributed by atoms with E-state index in [1.165, 1.54) is 38.5 Å². The summed E-state index contributed by atoms with van der Waals surface area (Å²) in [4.78, 5) is 35.1. The van der Waals surface area contributed by atoms with Gasteiger partial charge >= 0.3 is 11.6 Å². The molecule has 0 aliphatic carbocycles. The number of primary amides is 1. The molecule has 29 heavy (non-hydrogen) atoms. The van der Waals surface area contributed by atoms with E-state index in [0.29, 0.717) is 22.4 Å². The predicted molar refractivity (Wildman–Crippen MR) is 105 cm³/mol. The summed E-state index contributed by atoms with van der Waals surface area (Å²) in [6, 6.07) is 10.9. The third kappa shape index (κ3) is 4.44.